The Bertz CT molecular complexity index is 428. The van der Waals surface area contributed by atoms with E-state index >= 15 is 0 Å². The first kappa shape index (κ1) is 6.84. The number of rotatable bonds is 0. The molecule has 0 saturated carbocycles. The van der Waals surface area contributed by atoms with Crippen LogP contribution >= 0.6 is 0 Å². The third-order valence-corrected chi connectivity index (χ3v) is 1.66. The Morgan fingerprint density at radius 3 is 2.67 bits per heavy atom. The molecule has 0 aliphatic rings. The number of fused-ring (bicyclic) bond motifs is 1. The van der Waals surface area contributed by atoms with Gasteiger partial charge < -0.3 is 10.4 Å². The third-order valence-electron chi connectivity index (χ3n) is 1.66. The summed E-state index contributed by atoms with van der Waals surface area (Å²) in [5, 5.41) is 22.5. The minimum Gasteiger partial charge on any atom is -0.614 e. The molecule has 2 aromatic rings. The predicted octanol–water partition coefficient (Wildman–Crippen LogP) is 0.107. The molecular weight excluding hydrogens is 156 g/mol. The lowest BCUT2D eigenvalue weighted by Crippen LogP contribution is -2.40. The summed E-state index contributed by atoms with van der Waals surface area (Å²) in [5.74, 6) is 0. The fourth-order valence-corrected chi connectivity index (χ4v) is 1.13. The van der Waals surface area contributed by atoms with Crippen molar-refractivity contribution in [3.05, 3.63) is 47.2 Å². The molecule has 4 nitrogen and oxygen atoms in total. The van der Waals surface area contributed by atoms with Gasteiger partial charge in [-0.05, 0) is 6.07 Å². The van der Waals surface area contributed by atoms with Crippen molar-refractivity contribution in [1.29, 1.82) is 0 Å². The van der Waals surface area contributed by atoms with Gasteiger partial charge in [0.15, 0.2) is 0 Å². The number of para-hydroxylation sites is 1. The van der Waals surface area contributed by atoms with Crippen molar-refractivity contribution in [2.45, 2.75) is 0 Å². The second-order valence-electron chi connectivity index (χ2n) is 2.49. The van der Waals surface area contributed by atoms with E-state index in [2.05, 4.69) is 0 Å². The van der Waals surface area contributed by atoms with Gasteiger partial charge in [0, 0.05) is 6.07 Å². The molecular formula is C8H6N2O2. The monoisotopic (exact) mass is 162 g/mol. The van der Waals surface area contributed by atoms with Crippen molar-refractivity contribution in [3.63, 3.8) is 0 Å². The molecule has 1 aromatic carbocycles. The van der Waals surface area contributed by atoms with Gasteiger partial charge in [0.2, 0.25) is 11.7 Å². The lowest BCUT2D eigenvalue weighted by atomic mass is 10.2. The molecule has 4 heteroatoms. The van der Waals surface area contributed by atoms with Crippen molar-refractivity contribution < 1.29 is 9.46 Å². The Hall–Kier alpha value is -1.84. The zero-order valence-corrected chi connectivity index (χ0v) is 6.18. The topological polar surface area (TPSA) is 53.9 Å². The lowest BCUT2D eigenvalue weighted by molar-refractivity contribution is -0.730. The molecule has 0 fully saturated rings. The van der Waals surface area contributed by atoms with E-state index < -0.39 is 0 Å². The molecule has 0 spiro atoms. The van der Waals surface area contributed by atoms with Crippen molar-refractivity contribution >= 4 is 10.9 Å². The van der Waals surface area contributed by atoms with Crippen LogP contribution in [0.2, 0.25) is 0 Å². The van der Waals surface area contributed by atoms with E-state index in [0.29, 0.717) is 20.4 Å². The van der Waals surface area contributed by atoms with Crippen LogP contribution in [0.1, 0.15) is 0 Å². The zero-order chi connectivity index (χ0) is 8.55. The number of hydrogen-bond donors (Lipinski definition) is 0. The molecule has 0 saturated heterocycles. The highest BCUT2D eigenvalue weighted by Crippen LogP contribution is 2.04. The summed E-state index contributed by atoms with van der Waals surface area (Å²) >= 11 is 0. The van der Waals surface area contributed by atoms with Gasteiger partial charge in [-0.15, -0.1) is 9.46 Å². The molecule has 0 amide bonds. The maximum Gasteiger partial charge on any atom is 0.430 e. The standard InChI is InChI=1S/C8H6N2O2/c11-9-5-7-3-1-2-4-8(7)10(12)6-9/h1-6H. The van der Waals surface area contributed by atoms with E-state index in [-0.39, 0.29) is 0 Å². The molecule has 1 aromatic heterocycles. The SMILES string of the molecule is [O-][n+]1cc2ccccc2[n+]([O-])c1. The fraction of sp³-hybridized carbons (Fsp3) is 0. The van der Waals surface area contributed by atoms with E-state index in [4.69, 9.17) is 0 Å². The van der Waals surface area contributed by atoms with E-state index in [9.17, 15) is 10.4 Å². The van der Waals surface area contributed by atoms with Crippen molar-refractivity contribution in [2.75, 3.05) is 0 Å². The highest BCUT2D eigenvalue weighted by molar-refractivity contribution is 5.73. The van der Waals surface area contributed by atoms with Crippen molar-refractivity contribution in [1.82, 2.24) is 0 Å². The Kier molecular flexibility index (Phi) is 1.33. The Labute approximate surface area is 68.5 Å². The Morgan fingerprint density at radius 1 is 1.08 bits per heavy atom. The summed E-state index contributed by atoms with van der Waals surface area (Å²) in [6.45, 7) is 0. The van der Waals surface area contributed by atoms with Crippen LogP contribution in [0, 0.1) is 10.4 Å². The highest BCUT2D eigenvalue weighted by atomic mass is 16.5. The van der Waals surface area contributed by atoms with Crippen LogP contribution in [0.5, 0.6) is 0 Å². The van der Waals surface area contributed by atoms with Crippen LogP contribution in [0.4, 0.5) is 0 Å². The van der Waals surface area contributed by atoms with Gasteiger partial charge >= 0.3 is 6.33 Å². The van der Waals surface area contributed by atoms with Gasteiger partial charge in [0.1, 0.15) is 5.39 Å². The number of nitrogens with zero attached hydrogens (tertiary/aromatic N) is 2. The normalized spacial score (nSPS) is 10.3. The fourth-order valence-electron chi connectivity index (χ4n) is 1.13. The molecule has 0 aliphatic heterocycles. The number of aromatic nitrogens is 2. The van der Waals surface area contributed by atoms with Gasteiger partial charge in [-0.2, -0.15) is 0 Å². The van der Waals surface area contributed by atoms with Gasteiger partial charge in [-0.1, -0.05) is 12.1 Å². The van der Waals surface area contributed by atoms with Gasteiger partial charge in [0.05, 0.1) is 0 Å². The number of hydrogen-bond acceptors (Lipinski definition) is 2. The van der Waals surface area contributed by atoms with Crippen LogP contribution in [-0.4, -0.2) is 0 Å². The first-order valence-corrected chi connectivity index (χ1v) is 3.48. The van der Waals surface area contributed by atoms with Crippen LogP contribution in [0.15, 0.2) is 36.8 Å². The summed E-state index contributed by atoms with van der Waals surface area (Å²) in [7, 11) is 0. The second-order valence-corrected chi connectivity index (χ2v) is 2.49. The maximum atomic E-state index is 11.1. The summed E-state index contributed by atoms with van der Waals surface area (Å²) < 4.78 is 1.05. The van der Waals surface area contributed by atoms with Crippen LogP contribution in [-0.2, 0) is 0 Å². The van der Waals surface area contributed by atoms with Gasteiger partial charge in [-0.3, -0.25) is 0 Å². The zero-order valence-electron chi connectivity index (χ0n) is 6.18. The molecule has 1 heterocycles. The molecule has 0 unspecified atom stereocenters. The first-order valence-electron chi connectivity index (χ1n) is 3.48. The molecule has 2 rings (SSSR count). The smallest absolute Gasteiger partial charge is 0.430 e. The lowest BCUT2D eigenvalue weighted by Gasteiger charge is -1.99. The average Bonchev–Trinajstić information content (AvgIpc) is 2.04. The van der Waals surface area contributed by atoms with E-state index in [1.807, 2.05) is 0 Å². The summed E-state index contributed by atoms with van der Waals surface area (Å²) in [6, 6.07) is 6.93. The Morgan fingerprint density at radius 2 is 1.83 bits per heavy atom. The molecule has 0 N–H and O–H groups in total. The van der Waals surface area contributed by atoms with Crippen LogP contribution < -0.4 is 9.46 Å². The van der Waals surface area contributed by atoms with Crippen LogP contribution in [0.3, 0.4) is 0 Å². The molecule has 0 aliphatic carbocycles. The largest absolute Gasteiger partial charge is 0.614 e. The van der Waals surface area contributed by atoms with Crippen molar-refractivity contribution in [3.8, 4) is 0 Å². The minimum atomic E-state index is 0.495. The number of benzene rings is 1. The molecule has 0 bridgehead atoms. The second kappa shape index (κ2) is 2.34. The average molecular weight is 162 g/mol. The molecule has 12 heavy (non-hydrogen) atoms. The van der Waals surface area contributed by atoms with Gasteiger partial charge in [0.25, 0.3) is 0 Å². The molecule has 60 valence electrons. The third kappa shape index (κ3) is 0.934. The minimum absolute atomic E-state index is 0.495. The molecule has 0 atom stereocenters. The van der Waals surface area contributed by atoms with E-state index in [0.717, 1.165) is 6.33 Å². The van der Waals surface area contributed by atoms with Crippen molar-refractivity contribution in [2.24, 2.45) is 0 Å². The summed E-state index contributed by atoms with van der Waals surface area (Å²) in [6.07, 6.45) is 2.31. The first-order chi connectivity index (χ1) is 5.77. The Balaban J connectivity index is 2.89. The van der Waals surface area contributed by atoms with Gasteiger partial charge in [-0.25, -0.2) is 0 Å². The van der Waals surface area contributed by atoms with E-state index in [1.54, 1.807) is 24.3 Å². The maximum absolute atomic E-state index is 11.1. The summed E-state index contributed by atoms with van der Waals surface area (Å²) in [4.78, 5) is 0. The highest BCUT2D eigenvalue weighted by Gasteiger charge is 2.06. The summed E-state index contributed by atoms with van der Waals surface area (Å²) in [5.41, 5.74) is 0.504. The quantitative estimate of drug-likeness (QED) is 0.407. The van der Waals surface area contributed by atoms with E-state index in [1.165, 1.54) is 6.20 Å². The predicted molar refractivity (Wildman–Crippen MR) is 41.9 cm³/mol. The molecule has 0 radical (unpaired) electrons. The van der Waals surface area contributed by atoms with Crippen LogP contribution in [0.25, 0.3) is 10.9 Å².